The lowest BCUT2D eigenvalue weighted by molar-refractivity contribution is -0.128. The van der Waals surface area contributed by atoms with Gasteiger partial charge in [-0.15, -0.1) is 0 Å². The fourth-order valence-corrected chi connectivity index (χ4v) is 4.04. The Morgan fingerprint density at radius 3 is 2.78 bits per heavy atom. The van der Waals surface area contributed by atoms with Gasteiger partial charge in [0.1, 0.15) is 0 Å². The molecule has 0 saturated carbocycles. The number of fused-ring (bicyclic) bond motifs is 1. The van der Waals surface area contributed by atoms with Crippen molar-refractivity contribution in [2.45, 2.75) is 45.6 Å². The third-order valence-corrected chi connectivity index (χ3v) is 5.72. The molecule has 6 nitrogen and oxygen atoms in total. The van der Waals surface area contributed by atoms with Gasteiger partial charge in [-0.05, 0) is 57.4 Å². The van der Waals surface area contributed by atoms with Crippen LogP contribution in [0.25, 0.3) is 22.2 Å². The lowest BCUT2D eigenvalue weighted by Crippen LogP contribution is -2.49. The van der Waals surface area contributed by atoms with Crippen LogP contribution in [0.4, 0.5) is 0 Å². The van der Waals surface area contributed by atoms with Gasteiger partial charge < -0.3 is 10.3 Å². The van der Waals surface area contributed by atoms with Gasteiger partial charge in [-0.1, -0.05) is 6.07 Å². The van der Waals surface area contributed by atoms with Crippen LogP contribution < -0.4 is 10.9 Å². The fraction of sp³-hybridized carbons (Fsp3) is 0.381. The van der Waals surface area contributed by atoms with E-state index < -0.39 is 5.41 Å². The van der Waals surface area contributed by atoms with E-state index in [0.29, 0.717) is 18.5 Å². The van der Waals surface area contributed by atoms with Gasteiger partial charge in [0.25, 0.3) is 5.56 Å². The first-order chi connectivity index (χ1) is 12.9. The standard InChI is InChI=1S/C21H24N4O2/c1-4-25-18-11-14(10-13(2)15(18)12-23-25)17-7-6-16(19(26)24-17)21(3)8-5-9-22-20(21)27/h6-7,10-12H,4-5,8-9H2,1-3H3,(H,22,27)(H,24,26)/t21-/m1/s1. The molecule has 0 aliphatic carbocycles. The second-order valence-electron chi connectivity index (χ2n) is 7.49. The number of nitrogens with zero attached hydrogens (tertiary/aromatic N) is 2. The molecule has 2 aromatic heterocycles. The zero-order chi connectivity index (χ0) is 19.2. The molecule has 27 heavy (non-hydrogen) atoms. The normalized spacial score (nSPS) is 20.0. The highest BCUT2D eigenvalue weighted by molar-refractivity contribution is 5.89. The highest BCUT2D eigenvalue weighted by atomic mass is 16.2. The minimum Gasteiger partial charge on any atom is -0.355 e. The summed E-state index contributed by atoms with van der Waals surface area (Å²) in [6.45, 7) is 7.42. The third-order valence-electron chi connectivity index (χ3n) is 5.72. The molecule has 1 saturated heterocycles. The van der Waals surface area contributed by atoms with Crippen molar-refractivity contribution in [2.24, 2.45) is 0 Å². The lowest BCUT2D eigenvalue weighted by Gasteiger charge is -2.32. The summed E-state index contributed by atoms with van der Waals surface area (Å²) >= 11 is 0. The molecular formula is C21H24N4O2. The first-order valence-corrected chi connectivity index (χ1v) is 9.42. The van der Waals surface area contributed by atoms with E-state index in [4.69, 9.17) is 0 Å². The van der Waals surface area contributed by atoms with Crippen molar-refractivity contribution in [1.82, 2.24) is 20.1 Å². The molecule has 0 unspecified atom stereocenters. The summed E-state index contributed by atoms with van der Waals surface area (Å²) in [5.41, 5.74) is 3.41. The number of aryl methyl sites for hydroxylation is 2. The van der Waals surface area contributed by atoms with Crippen LogP contribution >= 0.6 is 0 Å². The van der Waals surface area contributed by atoms with Crippen molar-refractivity contribution in [3.8, 4) is 11.3 Å². The first-order valence-electron chi connectivity index (χ1n) is 9.42. The van der Waals surface area contributed by atoms with Gasteiger partial charge in [0, 0.05) is 35.3 Å². The van der Waals surface area contributed by atoms with E-state index in [1.165, 1.54) is 0 Å². The largest absolute Gasteiger partial charge is 0.355 e. The Bertz CT molecular complexity index is 1100. The molecular weight excluding hydrogens is 340 g/mol. The summed E-state index contributed by atoms with van der Waals surface area (Å²) in [7, 11) is 0. The molecule has 0 spiro atoms. The number of amides is 1. The molecule has 3 heterocycles. The predicted octanol–water partition coefficient (Wildman–Crippen LogP) is 2.89. The number of aromatic nitrogens is 3. The number of benzene rings is 1. The average molecular weight is 364 g/mol. The Labute approximate surface area is 157 Å². The molecule has 1 amide bonds. The van der Waals surface area contributed by atoms with Gasteiger partial charge >= 0.3 is 0 Å². The maximum absolute atomic E-state index is 12.8. The van der Waals surface area contributed by atoms with Crippen LogP contribution in [0.2, 0.25) is 0 Å². The van der Waals surface area contributed by atoms with E-state index in [1.807, 2.05) is 30.8 Å². The Morgan fingerprint density at radius 2 is 2.07 bits per heavy atom. The molecule has 1 aliphatic heterocycles. The number of pyridine rings is 1. The van der Waals surface area contributed by atoms with Gasteiger partial charge in [0.2, 0.25) is 5.91 Å². The summed E-state index contributed by atoms with van der Waals surface area (Å²) in [6.07, 6.45) is 3.44. The number of H-pyrrole nitrogens is 1. The second-order valence-corrected chi connectivity index (χ2v) is 7.49. The molecule has 6 heteroatoms. The molecule has 1 aliphatic rings. The molecule has 1 aromatic carbocycles. The molecule has 3 aromatic rings. The van der Waals surface area contributed by atoms with Crippen molar-refractivity contribution in [3.05, 3.63) is 51.9 Å². The number of carbonyl (C=O) groups is 1. The smallest absolute Gasteiger partial charge is 0.252 e. The van der Waals surface area contributed by atoms with Crippen molar-refractivity contribution < 1.29 is 4.79 Å². The summed E-state index contributed by atoms with van der Waals surface area (Å²) in [4.78, 5) is 28.2. The van der Waals surface area contributed by atoms with Crippen molar-refractivity contribution in [1.29, 1.82) is 0 Å². The fourth-order valence-electron chi connectivity index (χ4n) is 4.04. The Hall–Kier alpha value is -2.89. The van der Waals surface area contributed by atoms with E-state index >= 15 is 0 Å². The summed E-state index contributed by atoms with van der Waals surface area (Å²) < 4.78 is 1.95. The maximum Gasteiger partial charge on any atom is 0.252 e. The van der Waals surface area contributed by atoms with Crippen LogP contribution in [-0.4, -0.2) is 27.2 Å². The van der Waals surface area contributed by atoms with Gasteiger partial charge in [-0.2, -0.15) is 5.10 Å². The van der Waals surface area contributed by atoms with Crippen molar-refractivity contribution >= 4 is 16.8 Å². The molecule has 4 rings (SSSR count). The van der Waals surface area contributed by atoms with E-state index in [1.54, 1.807) is 6.07 Å². The van der Waals surface area contributed by atoms with Gasteiger partial charge in [0.15, 0.2) is 0 Å². The molecule has 0 radical (unpaired) electrons. The van der Waals surface area contributed by atoms with Crippen LogP contribution in [0.15, 0.2) is 35.3 Å². The van der Waals surface area contributed by atoms with E-state index in [0.717, 1.165) is 40.7 Å². The topological polar surface area (TPSA) is 79.8 Å². The second kappa shape index (κ2) is 6.37. The van der Waals surface area contributed by atoms with Crippen LogP contribution in [0.1, 0.15) is 37.8 Å². The quantitative estimate of drug-likeness (QED) is 0.750. The highest BCUT2D eigenvalue weighted by Gasteiger charge is 2.39. The minimum atomic E-state index is -0.773. The summed E-state index contributed by atoms with van der Waals surface area (Å²) in [6, 6.07) is 7.82. The number of hydrogen-bond donors (Lipinski definition) is 2. The number of aromatic amines is 1. The predicted molar refractivity (Wildman–Crippen MR) is 106 cm³/mol. The van der Waals surface area contributed by atoms with E-state index in [-0.39, 0.29) is 11.5 Å². The van der Waals surface area contributed by atoms with Crippen molar-refractivity contribution in [3.63, 3.8) is 0 Å². The highest BCUT2D eigenvalue weighted by Crippen LogP contribution is 2.31. The number of rotatable bonds is 3. The lowest BCUT2D eigenvalue weighted by atomic mass is 9.76. The van der Waals surface area contributed by atoms with Gasteiger partial charge in [0.05, 0.1) is 17.1 Å². The Balaban J connectivity index is 1.80. The zero-order valence-electron chi connectivity index (χ0n) is 15.9. The van der Waals surface area contributed by atoms with Crippen LogP contribution in [-0.2, 0) is 16.8 Å². The molecule has 0 bridgehead atoms. The first kappa shape index (κ1) is 17.5. The van der Waals surface area contributed by atoms with Gasteiger partial charge in [-0.25, -0.2) is 0 Å². The van der Waals surface area contributed by atoms with Crippen LogP contribution in [0, 0.1) is 6.92 Å². The number of hydrogen-bond acceptors (Lipinski definition) is 3. The van der Waals surface area contributed by atoms with Crippen molar-refractivity contribution in [2.75, 3.05) is 6.54 Å². The molecule has 1 atom stereocenters. The molecule has 1 fully saturated rings. The SMILES string of the molecule is CCn1ncc2c(C)cc(-c3ccc([C@@]4(C)CCCNC4=O)c(=O)[nH]3)cc21. The van der Waals surface area contributed by atoms with E-state index in [9.17, 15) is 9.59 Å². The van der Waals surface area contributed by atoms with Crippen LogP contribution in [0.3, 0.4) is 0 Å². The van der Waals surface area contributed by atoms with E-state index in [2.05, 4.69) is 34.5 Å². The average Bonchev–Trinajstić information content (AvgIpc) is 3.07. The van der Waals surface area contributed by atoms with Crippen LogP contribution in [0.5, 0.6) is 0 Å². The summed E-state index contributed by atoms with van der Waals surface area (Å²) in [5, 5.41) is 8.42. The monoisotopic (exact) mass is 364 g/mol. The number of nitrogens with one attached hydrogen (secondary N) is 2. The molecule has 140 valence electrons. The number of carbonyl (C=O) groups excluding carboxylic acids is 1. The zero-order valence-corrected chi connectivity index (χ0v) is 15.9. The Kier molecular flexibility index (Phi) is 4.13. The molecule has 2 N–H and O–H groups in total. The third kappa shape index (κ3) is 2.76. The van der Waals surface area contributed by atoms with Gasteiger partial charge in [-0.3, -0.25) is 14.3 Å². The number of piperidine rings is 1. The maximum atomic E-state index is 12.8. The minimum absolute atomic E-state index is 0.0730. The summed E-state index contributed by atoms with van der Waals surface area (Å²) in [5.74, 6) is -0.0730. The Morgan fingerprint density at radius 1 is 1.26 bits per heavy atom.